The van der Waals surface area contributed by atoms with Gasteiger partial charge < -0.3 is 15.4 Å². The summed E-state index contributed by atoms with van der Waals surface area (Å²) in [7, 11) is 0. The molecule has 0 radical (unpaired) electrons. The molecule has 6 heteroatoms. The highest BCUT2D eigenvalue weighted by Crippen LogP contribution is 2.34. The second-order valence-electron chi connectivity index (χ2n) is 7.43. The summed E-state index contributed by atoms with van der Waals surface area (Å²) in [6, 6.07) is 0.396. The zero-order valence-corrected chi connectivity index (χ0v) is 15.4. The number of hydrogen-bond donors (Lipinski definition) is 2. The number of fused-ring (bicyclic) bond motifs is 2. The molecule has 0 aromatic carbocycles. The Labute approximate surface area is 142 Å². The molecule has 2 N–H and O–H groups in total. The van der Waals surface area contributed by atoms with E-state index in [2.05, 4.69) is 43.7 Å². The Balaban J connectivity index is 1.61. The van der Waals surface area contributed by atoms with Gasteiger partial charge in [0.1, 0.15) is 5.01 Å². The first-order valence-electron chi connectivity index (χ1n) is 8.61. The van der Waals surface area contributed by atoms with Crippen LogP contribution in [0.2, 0.25) is 0 Å². The highest BCUT2D eigenvalue weighted by molar-refractivity contribution is 7.09. The van der Waals surface area contributed by atoms with Crippen LogP contribution in [0, 0.1) is 0 Å². The van der Waals surface area contributed by atoms with E-state index in [-0.39, 0.29) is 5.41 Å². The molecule has 3 rings (SSSR count). The normalized spacial score (nSPS) is 27.5. The van der Waals surface area contributed by atoms with Gasteiger partial charge in [-0.3, -0.25) is 0 Å². The van der Waals surface area contributed by atoms with Gasteiger partial charge in [0.05, 0.1) is 30.5 Å². The van der Waals surface area contributed by atoms with Gasteiger partial charge in [0, 0.05) is 17.3 Å². The van der Waals surface area contributed by atoms with Gasteiger partial charge in [-0.1, -0.05) is 20.8 Å². The molecule has 2 aliphatic rings. The van der Waals surface area contributed by atoms with E-state index in [0.29, 0.717) is 24.8 Å². The summed E-state index contributed by atoms with van der Waals surface area (Å²) in [5.74, 6) is 0.876. The average molecular weight is 337 g/mol. The number of thiazole rings is 1. The Morgan fingerprint density at radius 1 is 1.43 bits per heavy atom. The number of guanidine groups is 1. The van der Waals surface area contributed by atoms with Crippen LogP contribution in [0.15, 0.2) is 10.4 Å². The van der Waals surface area contributed by atoms with Crippen molar-refractivity contribution in [1.29, 1.82) is 0 Å². The molecule has 0 amide bonds. The predicted octanol–water partition coefficient (Wildman–Crippen LogP) is 2.82. The number of ether oxygens (including phenoxy) is 1. The van der Waals surface area contributed by atoms with E-state index in [9.17, 15) is 0 Å². The van der Waals surface area contributed by atoms with Crippen LogP contribution in [0.25, 0.3) is 0 Å². The van der Waals surface area contributed by atoms with Crippen molar-refractivity contribution < 1.29 is 4.74 Å². The van der Waals surface area contributed by atoms with Crippen LogP contribution >= 0.6 is 11.3 Å². The standard InChI is InChI=1S/C17H28N4OS/c1-5-18-16(20-12-8-11-6-7-13(12)22-11)19-9-15-21-14(10-23-15)17(2,3)4/h10-13H,5-9H2,1-4H3,(H2,18,19,20). The van der Waals surface area contributed by atoms with E-state index >= 15 is 0 Å². The topological polar surface area (TPSA) is 58.5 Å². The van der Waals surface area contributed by atoms with Crippen LogP contribution in [0.1, 0.15) is 57.7 Å². The molecule has 3 unspecified atom stereocenters. The number of aromatic nitrogens is 1. The lowest BCUT2D eigenvalue weighted by Crippen LogP contribution is -2.47. The Kier molecular flexibility index (Phi) is 4.92. The second kappa shape index (κ2) is 6.77. The van der Waals surface area contributed by atoms with Crippen molar-refractivity contribution in [3.8, 4) is 0 Å². The van der Waals surface area contributed by atoms with Crippen molar-refractivity contribution in [1.82, 2.24) is 15.6 Å². The highest BCUT2D eigenvalue weighted by Gasteiger charge is 2.41. The lowest BCUT2D eigenvalue weighted by Gasteiger charge is -2.22. The van der Waals surface area contributed by atoms with Crippen LogP contribution in [0.5, 0.6) is 0 Å². The zero-order valence-electron chi connectivity index (χ0n) is 14.6. The predicted molar refractivity (Wildman–Crippen MR) is 95.1 cm³/mol. The molecule has 0 aliphatic carbocycles. The fourth-order valence-corrected chi connectivity index (χ4v) is 4.10. The summed E-state index contributed by atoms with van der Waals surface area (Å²) in [5.41, 5.74) is 1.24. The molecule has 2 saturated heterocycles. The van der Waals surface area contributed by atoms with E-state index in [1.54, 1.807) is 11.3 Å². The molecule has 3 heterocycles. The monoisotopic (exact) mass is 336 g/mol. The SMILES string of the molecule is CCNC(=NCc1nc(C(C)(C)C)cs1)NC1CC2CCC1O2. The summed E-state index contributed by atoms with van der Waals surface area (Å²) in [5, 5.41) is 10.1. The smallest absolute Gasteiger partial charge is 0.191 e. The van der Waals surface area contributed by atoms with Gasteiger partial charge >= 0.3 is 0 Å². The first-order chi connectivity index (χ1) is 11.0. The Morgan fingerprint density at radius 3 is 2.83 bits per heavy atom. The summed E-state index contributed by atoms with van der Waals surface area (Å²) >= 11 is 1.69. The van der Waals surface area contributed by atoms with Gasteiger partial charge in [-0.2, -0.15) is 0 Å². The van der Waals surface area contributed by atoms with Crippen molar-refractivity contribution in [3.63, 3.8) is 0 Å². The zero-order chi connectivity index (χ0) is 16.4. The third-order valence-electron chi connectivity index (χ3n) is 4.46. The third-order valence-corrected chi connectivity index (χ3v) is 5.30. The van der Waals surface area contributed by atoms with E-state index in [4.69, 9.17) is 14.7 Å². The van der Waals surface area contributed by atoms with Gasteiger partial charge in [0.15, 0.2) is 5.96 Å². The lowest BCUT2D eigenvalue weighted by atomic mass is 9.93. The van der Waals surface area contributed by atoms with Crippen molar-refractivity contribution in [3.05, 3.63) is 16.1 Å². The number of aliphatic imine (C=N–C) groups is 1. The van der Waals surface area contributed by atoms with Gasteiger partial charge in [-0.25, -0.2) is 9.98 Å². The highest BCUT2D eigenvalue weighted by atomic mass is 32.1. The Hall–Kier alpha value is -1.14. The van der Waals surface area contributed by atoms with Crippen LogP contribution in [0.3, 0.4) is 0 Å². The van der Waals surface area contributed by atoms with Crippen molar-refractivity contribution in [2.24, 2.45) is 4.99 Å². The molecule has 0 spiro atoms. The van der Waals surface area contributed by atoms with E-state index in [1.165, 1.54) is 12.8 Å². The second-order valence-corrected chi connectivity index (χ2v) is 8.37. The largest absolute Gasteiger partial charge is 0.373 e. The minimum absolute atomic E-state index is 0.0988. The maximum Gasteiger partial charge on any atom is 0.191 e. The molecule has 2 fully saturated rings. The van der Waals surface area contributed by atoms with E-state index < -0.39 is 0 Å². The molecule has 2 aliphatic heterocycles. The number of nitrogens with one attached hydrogen (secondary N) is 2. The summed E-state index contributed by atoms with van der Waals surface area (Å²) < 4.78 is 5.91. The molecule has 5 nitrogen and oxygen atoms in total. The van der Waals surface area contributed by atoms with Crippen LogP contribution in [0.4, 0.5) is 0 Å². The molecular formula is C17H28N4OS. The fourth-order valence-electron chi connectivity index (χ4n) is 3.16. The summed E-state index contributed by atoms with van der Waals surface area (Å²) in [6.45, 7) is 10.1. The minimum Gasteiger partial charge on any atom is -0.373 e. The summed E-state index contributed by atoms with van der Waals surface area (Å²) in [4.78, 5) is 9.43. The quantitative estimate of drug-likeness (QED) is 0.656. The average Bonchev–Trinajstić information content (AvgIpc) is 3.20. The van der Waals surface area contributed by atoms with E-state index in [1.807, 2.05) is 0 Å². The van der Waals surface area contributed by atoms with Gasteiger partial charge in [-0.15, -0.1) is 11.3 Å². The van der Waals surface area contributed by atoms with Gasteiger partial charge in [0.25, 0.3) is 0 Å². The van der Waals surface area contributed by atoms with Crippen molar-refractivity contribution >= 4 is 17.3 Å². The third kappa shape index (κ3) is 4.04. The molecule has 2 bridgehead atoms. The molecule has 3 atom stereocenters. The number of rotatable bonds is 4. The molecule has 1 aromatic heterocycles. The fraction of sp³-hybridized carbons (Fsp3) is 0.765. The molecule has 0 saturated carbocycles. The van der Waals surface area contributed by atoms with Crippen LogP contribution in [-0.4, -0.2) is 35.7 Å². The molecule has 1 aromatic rings. The van der Waals surface area contributed by atoms with Crippen molar-refractivity contribution in [2.75, 3.05) is 6.54 Å². The van der Waals surface area contributed by atoms with Crippen molar-refractivity contribution in [2.45, 2.75) is 77.2 Å². The molecule has 128 valence electrons. The first-order valence-corrected chi connectivity index (χ1v) is 9.49. The Morgan fingerprint density at radius 2 is 2.26 bits per heavy atom. The number of hydrogen-bond acceptors (Lipinski definition) is 4. The molecular weight excluding hydrogens is 308 g/mol. The van der Waals surface area contributed by atoms with Crippen LogP contribution in [-0.2, 0) is 16.7 Å². The van der Waals surface area contributed by atoms with Crippen LogP contribution < -0.4 is 10.6 Å². The minimum atomic E-state index is 0.0988. The molecule has 23 heavy (non-hydrogen) atoms. The maximum atomic E-state index is 5.91. The Bertz CT molecular complexity index is 563. The first kappa shape index (κ1) is 16.7. The van der Waals surface area contributed by atoms with Gasteiger partial charge in [-0.05, 0) is 26.2 Å². The number of nitrogens with zero attached hydrogens (tertiary/aromatic N) is 2. The lowest BCUT2D eigenvalue weighted by molar-refractivity contribution is 0.0992. The van der Waals surface area contributed by atoms with Gasteiger partial charge in [0.2, 0.25) is 0 Å². The maximum absolute atomic E-state index is 5.91. The van der Waals surface area contributed by atoms with E-state index in [0.717, 1.165) is 29.6 Å². The summed E-state index contributed by atoms with van der Waals surface area (Å²) in [6.07, 6.45) is 4.29.